The summed E-state index contributed by atoms with van der Waals surface area (Å²) in [6, 6.07) is 14.9. The van der Waals surface area contributed by atoms with Crippen LogP contribution in [0.2, 0.25) is 0 Å². The fourth-order valence-electron chi connectivity index (χ4n) is 4.85. The zero-order valence-corrected chi connectivity index (χ0v) is 20.9. The molecule has 2 amide bonds. The summed E-state index contributed by atoms with van der Waals surface area (Å²) in [7, 11) is 7.59. The van der Waals surface area contributed by atoms with E-state index in [9.17, 15) is 14.4 Å². The number of rotatable bonds is 7. The topological polar surface area (TPSA) is 96.3 Å². The Morgan fingerprint density at radius 2 is 1.30 bits per heavy atom. The van der Waals surface area contributed by atoms with E-state index >= 15 is 0 Å². The number of carbonyl (C=O) groups is 3. The lowest BCUT2D eigenvalue weighted by Crippen LogP contribution is -2.31. The molecule has 4 aromatic rings. The highest BCUT2D eigenvalue weighted by atomic mass is 16.5. The van der Waals surface area contributed by atoms with Crippen LogP contribution in [0.4, 0.5) is 5.69 Å². The molecule has 0 fully saturated rings. The first kappa shape index (κ1) is 23.9. The Morgan fingerprint density at radius 1 is 0.730 bits per heavy atom. The number of imide groups is 1. The Hall–Kier alpha value is -4.79. The van der Waals surface area contributed by atoms with Gasteiger partial charge in [-0.05, 0) is 30.3 Å². The number of anilines is 1. The highest BCUT2D eigenvalue weighted by Gasteiger charge is 2.41. The van der Waals surface area contributed by atoms with Crippen LogP contribution in [0.1, 0.15) is 36.8 Å². The zero-order chi connectivity index (χ0) is 26.4. The molecule has 5 rings (SSSR count). The van der Waals surface area contributed by atoms with E-state index in [1.807, 2.05) is 0 Å². The predicted molar refractivity (Wildman–Crippen MR) is 137 cm³/mol. The molecule has 0 N–H and O–H groups in total. The number of carbonyl (C=O) groups excluding carboxylic acids is 3. The number of ketones is 1. The van der Waals surface area contributed by atoms with Crippen molar-refractivity contribution in [2.45, 2.75) is 0 Å². The van der Waals surface area contributed by atoms with Crippen molar-refractivity contribution < 1.29 is 33.3 Å². The number of aryl methyl sites for hydroxylation is 1. The van der Waals surface area contributed by atoms with Gasteiger partial charge in [-0.15, -0.1) is 0 Å². The maximum Gasteiger partial charge on any atom is 0.266 e. The number of hydrogen-bond donors (Lipinski definition) is 0. The van der Waals surface area contributed by atoms with Crippen LogP contribution in [0, 0.1) is 0 Å². The largest absolute Gasteiger partial charge is 0.495 e. The summed E-state index contributed by atoms with van der Waals surface area (Å²) in [6.07, 6.45) is 0. The average molecular weight is 501 g/mol. The Morgan fingerprint density at radius 3 is 1.81 bits per heavy atom. The van der Waals surface area contributed by atoms with Gasteiger partial charge in [0, 0.05) is 18.0 Å². The number of fused-ring (bicyclic) bond motifs is 2. The van der Waals surface area contributed by atoms with E-state index in [1.165, 1.54) is 40.6 Å². The van der Waals surface area contributed by atoms with Crippen molar-refractivity contribution in [3.63, 3.8) is 0 Å². The minimum atomic E-state index is -0.505. The van der Waals surface area contributed by atoms with Gasteiger partial charge < -0.3 is 23.5 Å². The molecule has 0 unspecified atom stereocenters. The molecule has 0 aliphatic carbocycles. The summed E-state index contributed by atoms with van der Waals surface area (Å²) >= 11 is 0. The van der Waals surface area contributed by atoms with Gasteiger partial charge in [-0.1, -0.05) is 24.3 Å². The lowest BCUT2D eigenvalue weighted by atomic mass is 10.0. The van der Waals surface area contributed by atoms with Crippen molar-refractivity contribution in [3.8, 4) is 23.0 Å². The average Bonchev–Trinajstić information content (AvgIpc) is 3.36. The molecule has 0 atom stereocenters. The van der Waals surface area contributed by atoms with Gasteiger partial charge in [-0.2, -0.15) is 0 Å². The van der Waals surface area contributed by atoms with Crippen molar-refractivity contribution in [3.05, 3.63) is 77.0 Å². The lowest BCUT2D eigenvalue weighted by molar-refractivity contribution is 0.0926. The Labute approximate surface area is 212 Å². The van der Waals surface area contributed by atoms with Crippen LogP contribution >= 0.6 is 0 Å². The number of para-hydroxylation sites is 1. The highest BCUT2D eigenvalue weighted by Crippen LogP contribution is 2.44. The number of aromatic nitrogens is 1. The SMILES string of the molecule is COc1cc(C(=O)c2c(N3C(=O)c4ccccc4C3=O)c3cccc(OC)c3n2C)cc(OC)c1OC. The third-order valence-corrected chi connectivity index (χ3v) is 6.53. The molecule has 0 radical (unpaired) electrons. The van der Waals surface area contributed by atoms with Crippen LogP contribution in [0.25, 0.3) is 10.9 Å². The van der Waals surface area contributed by atoms with Gasteiger partial charge >= 0.3 is 0 Å². The molecule has 0 bridgehead atoms. The molecule has 0 spiro atoms. The number of methoxy groups -OCH3 is 4. The van der Waals surface area contributed by atoms with Gasteiger partial charge in [0.25, 0.3) is 11.8 Å². The van der Waals surface area contributed by atoms with Gasteiger partial charge in [-0.3, -0.25) is 14.4 Å². The molecular weight excluding hydrogens is 476 g/mol. The predicted octanol–water partition coefficient (Wildman–Crippen LogP) is 4.24. The van der Waals surface area contributed by atoms with Crippen molar-refractivity contribution in [2.75, 3.05) is 33.3 Å². The minimum absolute atomic E-state index is 0.128. The van der Waals surface area contributed by atoms with Crippen molar-refractivity contribution in [1.82, 2.24) is 4.57 Å². The number of nitrogens with zero attached hydrogens (tertiary/aromatic N) is 2. The Bertz CT molecular complexity index is 1540. The number of amides is 2. The summed E-state index contributed by atoms with van der Waals surface area (Å²) in [4.78, 5) is 42.3. The lowest BCUT2D eigenvalue weighted by Gasteiger charge is -2.17. The normalized spacial score (nSPS) is 12.6. The summed E-state index contributed by atoms with van der Waals surface area (Å²) in [6.45, 7) is 0. The van der Waals surface area contributed by atoms with E-state index in [0.717, 1.165) is 4.90 Å². The summed E-state index contributed by atoms with van der Waals surface area (Å²) in [5.74, 6) is -0.0495. The standard InChI is InChI=1S/C28H24N2O7/c1-29-22-18(11-8-12-19(22)34-2)23(30-27(32)16-9-6-7-10-17(16)28(30)33)24(29)25(31)15-13-20(35-3)26(37-5)21(14-15)36-4/h6-14H,1-5H3. The fraction of sp³-hybridized carbons (Fsp3) is 0.179. The fourth-order valence-corrected chi connectivity index (χ4v) is 4.85. The minimum Gasteiger partial charge on any atom is -0.495 e. The van der Waals surface area contributed by atoms with E-state index in [0.29, 0.717) is 33.9 Å². The molecule has 2 heterocycles. The quantitative estimate of drug-likeness (QED) is 0.277. The molecule has 3 aromatic carbocycles. The van der Waals surface area contributed by atoms with Gasteiger partial charge in [0.2, 0.25) is 11.5 Å². The molecule has 1 aliphatic rings. The molecule has 0 saturated carbocycles. The van der Waals surface area contributed by atoms with E-state index in [4.69, 9.17) is 18.9 Å². The maximum atomic E-state index is 14.2. The van der Waals surface area contributed by atoms with Crippen molar-refractivity contribution >= 4 is 34.2 Å². The second kappa shape index (κ2) is 9.02. The third-order valence-electron chi connectivity index (χ3n) is 6.53. The van der Waals surface area contributed by atoms with Crippen LogP contribution < -0.4 is 23.8 Å². The van der Waals surface area contributed by atoms with Crippen LogP contribution in [0.3, 0.4) is 0 Å². The number of ether oxygens (including phenoxy) is 4. The first-order chi connectivity index (χ1) is 17.9. The van der Waals surface area contributed by atoms with Crippen LogP contribution in [0.15, 0.2) is 54.6 Å². The van der Waals surface area contributed by atoms with E-state index in [1.54, 1.807) is 54.1 Å². The molecule has 188 valence electrons. The summed E-state index contributed by atoms with van der Waals surface area (Å²) in [5.41, 5.74) is 1.64. The Kier molecular flexibility index (Phi) is 5.83. The molecule has 1 aromatic heterocycles. The van der Waals surface area contributed by atoms with Gasteiger partial charge in [0.15, 0.2) is 11.5 Å². The smallest absolute Gasteiger partial charge is 0.266 e. The molecule has 9 nitrogen and oxygen atoms in total. The number of hydrogen-bond acceptors (Lipinski definition) is 7. The molecule has 1 aliphatic heterocycles. The summed E-state index contributed by atoms with van der Waals surface area (Å²) in [5, 5.41) is 0.521. The Balaban J connectivity index is 1.80. The van der Waals surface area contributed by atoms with E-state index < -0.39 is 17.6 Å². The molecule has 9 heteroatoms. The van der Waals surface area contributed by atoms with Crippen molar-refractivity contribution in [1.29, 1.82) is 0 Å². The molecular formula is C28H24N2O7. The first-order valence-corrected chi connectivity index (χ1v) is 11.4. The second-order valence-corrected chi connectivity index (χ2v) is 8.35. The van der Waals surface area contributed by atoms with Gasteiger partial charge in [0.1, 0.15) is 11.4 Å². The van der Waals surface area contributed by atoms with Crippen LogP contribution in [-0.2, 0) is 7.05 Å². The highest BCUT2D eigenvalue weighted by molar-refractivity contribution is 6.38. The zero-order valence-electron chi connectivity index (χ0n) is 20.9. The van der Waals surface area contributed by atoms with E-state index in [2.05, 4.69) is 0 Å². The molecule has 37 heavy (non-hydrogen) atoms. The van der Waals surface area contributed by atoms with Gasteiger partial charge in [0.05, 0.1) is 50.8 Å². The number of benzene rings is 3. The molecule has 0 saturated heterocycles. The second-order valence-electron chi connectivity index (χ2n) is 8.35. The van der Waals surface area contributed by atoms with Crippen molar-refractivity contribution in [2.24, 2.45) is 7.05 Å². The third kappa shape index (κ3) is 3.42. The first-order valence-electron chi connectivity index (χ1n) is 11.4. The van der Waals surface area contributed by atoms with E-state index in [-0.39, 0.29) is 28.1 Å². The van der Waals surface area contributed by atoms with Crippen LogP contribution in [0.5, 0.6) is 23.0 Å². The van der Waals surface area contributed by atoms with Gasteiger partial charge in [-0.25, -0.2) is 4.90 Å². The monoisotopic (exact) mass is 500 g/mol. The van der Waals surface area contributed by atoms with Crippen LogP contribution in [-0.4, -0.2) is 50.6 Å². The maximum absolute atomic E-state index is 14.2. The summed E-state index contributed by atoms with van der Waals surface area (Å²) < 4.78 is 23.5.